The van der Waals surface area contributed by atoms with E-state index in [1.807, 2.05) is 54.2 Å². The summed E-state index contributed by atoms with van der Waals surface area (Å²) in [6, 6.07) is 19.9. The lowest BCUT2D eigenvalue weighted by Gasteiger charge is -2.49. The quantitative estimate of drug-likeness (QED) is 0.603. The fraction of sp³-hybridized carbons (Fsp3) is 0.385. The molecule has 3 aromatic rings. The number of nitrogens with one attached hydrogen (secondary N) is 1. The lowest BCUT2D eigenvalue weighted by molar-refractivity contribution is -0.00222. The third-order valence-corrected chi connectivity index (χ3v) is 6.99. The largest absolute Gasteiger partial charge is 0.497 e. The van der Waals surface area contributed by atoms with Gasteiger partial charge in [-0.1, -0.05) is 18.2 Å². The first-order valence-corrected chi connectivity index (χ1v) is 11.5. The molecule has 172 valence electrons. The molecule has 7 heteroatoms. The van der Waals surface area contributed by atoms with Gasteiger partial charge in [-0.3, -0.25) is 14.9 Å². The maximum absolute atomic E-state index is 12.2. The maximum Gasteiger partial charge on any atom is 0.411 e. The predicted octanol–water partition coefficient (Wildman–Crippen LogP) is 4.52. The van der Waals surface area contributed by atoms with E-state index in [1.54, 1.807) is 7.11 Å². The molecule has 2 bridgehead atoms. The number of nitrogens with zero attached hydrogens (tertiary/aromatic N) is 3. The number of aryl methyl sites for hydroxylation is 1. The molecular formula is C26H30N4O3. The fourth-order valence-electron chi connectivity index (χ4n) is 5.23. The van der Waals surface area contributed by atoms with Crippen LogP contribution in [0.5, 0.6) is 5.75 Å². The Kier molecular flexibility index (Phi) is 6.05. The van der Waals surface area contributed by atoms with Gasteiger partial charge in [0, 0.05) is 42.5 Å². The van der Waals surface area contributed by atoms with Gasteiger partial charge in [0.05, 0.1) is 12.8 Å². The minimum Gasteiger partial charge on any atom is -0.497 e. The zero-order valence-electron chi connectivity index (χ0n) is 19.1. The van der Waals surface area contributed by atoms with Crippen molar-refractivity contribution >= 4 is 11.8 Å². The van der Waals surface area contributed by atoms with E-state index in [2.05, 4.69) is 28.4 Å². The van der Waals surface area contributed by atoms with E-state index in [-0.39, 0.29) is 6.04 Å². The fourth-order valence-corrected chi connectivity index (χ4v) is 5.23. The highest BCUT2D eigenvalue weighted by Gasteiger charge is 2.42. The molecule has 0 aliphatic carbocycles. The number of amides is 1. The van der Waals surface area contributed by atoms with Crippen LogP contribution in [0.3, 0.4) is 0 Å². The van der Waals surface area contributed by atoms with Crippen LogP contribution < -0.4 is 10.1 Å². The molecule has 33 heavy (non-hydrogen) atoms. The average molecular weight is 447 g/mol. The van der Waals surface area contributed by atoms with Crippen LogP contribution in [0, 0.1) is 5.92 Å². The molecule has 0 spiro atoms. The molecule has 3 aliphatic heterocycles. The van der Waals surface area contributed by atoms with Crippen LogP contribution in [-0.2, 0) is 11.8 Å². The second-order valence-corrected chi connectivity index (χ2v) is 8.94. The molecule has 0 saturated carbocycles. The van der Waals surface area contributed by atoms with E-state index >= 15 is 0 Å². The summed E-state index contributed by atoms with van der Waals surface area (Å²) in [6.07, 6.45) is 1.81. The van der Waals surface area contributed by atoms with Crippen molar-refractivity contribution in [3.8, 4) is 17.0 Å². The van der Waals surface area contributed by atoms with Crippen LogP contribution in [0.4, 0.5) is 10.5 Å². The number of piperidine rings is 3. The standard InChI is InChI=1S/C26H30N4O3/c1-29-25(15-24(28-29)18-8-10-22(32-2)11-9-18)23-16-30-13-12-19(23)14-21(30)17-33-26(31)27-20-6-4-3-5-7-20/h3-11,15,19,21,23H,12-14,16-17H2,1-2H3,(H,27,31)/t19-,21+,23-/m0/s1. The van der Waals surface area contributed by atoms with Gasteiger partial charge in [-0.15, -0.1) is 0 Å². The van der Waals surface area contributed by atoms with E-state index < -0.39 is 6.09 Å². The molecule has 6 rings (SSSR count). The van der Waals surface area contributed by atoms with E-state index in [0.29, 0.717) is 18.4 Å². The summed E-state index contributed by atoms with van der Waals surface area (Å²) in [5, 5.41) is 7.59. The van der Waals surface area contributed by atoms with Gasteiger partial charge in [0.2, 0.25) is 0 Å². The summed E-state index contributed by atoms with van der Waals surface area (Å²) in [5.41, 5.74) is 4.10. The second kappa shape index (κ2) is 9.27. The van der Waals surface area contributed by atoms with Crippen molar-refractivity contribution in [1.82, 2.24) is 14.7 Å². The van der Waals surface area contributed by atoms with Gasteiger partial charge in [0.25, 0.3) is 0 Å². The van der Waals surface area contributed by atoms with Crippen molar-refractivity contribution in [2.24, 2.45) is 13.0 Å². The zero-order valence-corrected chi connectivity index (χ0v) is 19.1. The number of benzene rings is 2. The molecule has 1 aromatic heterocycles. The van der Waals surface area contributed by atoms with Crippen LogP contribution >= 0.6 is 0 Å². The molecule has 1 unspecified atom stereocenters. The van der Waals surface area contributed by atoms with Crippen LogP contribution in [-0.4, -0.2) is 53.6 Å². The Bertz CT molecular complexity index is 1100. The lowest BCUT2D eigenvalue weighted by atomic mass is 9.74. The van der Waals surface area contributed by atoms with Gasteiger partial charge < -0.3 is 9.47 Å². The lowest BCUT2D eigenvalue weighted by Crippen LogP contribution is -2.54. The van der Waals surface area contributed by atoms with Crippen LogP contribution in [0.1, 0.15) is 24.5 Å². The van der Waals surface area contributed by atoms with Crippen molar-refractivity contribution in [1.29, 1.82) is 0 Å². The topological polar surface area (TPSA) is 68.6 Å². The normalized spacial score (nSPS) is 23.8. The van der Waals surface area contributed by atoms with Crippen molar-refractivity contribution in [3.05, 3.63) is 66.4 Å². The van der Waals surface area contributed by atoms with Crippen LogP contribution in [0.15, 0.2) is 60.7 Å². The Labute approximate surface area is 194 Å². The van der Waals surface area contributed by atoms with Gasteiger partial charge in [-0.2, -0.15) is 5.10 Å². The molecular weight excluding hydrogens is 416 g/mol. The van der Waals surface area contributed by atoms with Gasteiger partial charge in [-0.25, -0.2) is 4.79 Å². The molecule has 3 aliphatic rings. The number of para-hydroxylation sites is 1. The van der Waals surface area contributed by atoms with Crippen molar-refractivity contribution < 1.29 is 14.3 Å². The molecule has 1 N–H and O–H groups in total. The summed E-state index contributed by atoms with van der Waals surface area (Å²) in [5.74, 6) is 1.86. The highest BCUT2D eigenvalue weighted by molar-refractivity contribution is 5.84. The Morgan fingerprint density at radius 3 is 2.64 bits per heavy atom. The first kappa shape index (κ1) is 21.5. The third-order valence-electron chi connectivity index (χ3n) is 6.99. The number of ether oxygens (including phenoxy) is 2. The van der Waals surface area contributed by atoms with Crippen LogP contribution in [0.2, 0.25) is 0 Å². The number of fused-ring (bicyclic) bond motifs is 3. The third kappa shape index (κ3) is 4.59. The number of aromatic nitrogens is 2. The van der Waals surface area contributed by atoms with Gasteiger partial charge >= 0.3 is 6.09 Å². The minimum atomic E-state index is -0.392. The number of hydrogen-bond acceptors (Lipinski definition) is 5. The van der Waals surface area contributed by atoms with Gasteiger partial charge in [-0.05, 0) is 67.8 Å². The van der Waals surface area contributed by atoms with E-state index in [0.717, 1.165) is 42.2 Å². The van der Waals surface area contributed by atoms with Crippen molar-refractivity contribution in [2.45, 2.75) is 24.8 Å². The Balaban J connectivity index is 1.21. The van der Waals surface area contributed by atoms with E-state index in [9.17, 15) is 4.79 Å². The number of carbonyl (C=O) groups is 1. The van der Waals surface area contributed by atoms with E-state index in [1.165, 1.54) is 12.1 Å². The first-order chi connectivity index (χ1) is 16.1. The Hall–Kier alpha value is -3.32. The molecule has 7 nitrogen and oxygen atoms in total. The second-order valence-electron chi connectivity index (χ2n) is 8.94. The monoisotopic (exact) mass is 446 g/mol. The maximum atomic E-state index is 12.2. The number of methoxy groups -OCH3 is 1. The number of carbonyl (C=O) groups excluding carboxylic acids is 1. The highest BCUT2D eigenvalue weighted by Crippen LogP contribution is 2.42. The van der Waals surface area contributed by atoms with E-state index in [4.69, 9.17) is 14.6 Å². The van der Waals surface area contributed by atoms with Gasteiger partial charge in [0.1, 0.15) is 12.4 Å². The summed E-state index contributed by atoms with van der Waals surface area (Å²) in [7, 11) is 3.71. The molecule has 3 saturated heterocycles. The van der Waals surface area contributed by atoms with Gasteiger partial charge in [0.15, 0.2) is 0 Å². The number of rotatable bonds is 6. The average Bonchev–Trinajstić information content (AvgIpc) is 3.25. The molecule has 0 radical (unpaired) electrons. The molecule has 3 fully saturated rings. The Morgan fingerprint density at radius 2 is 1.94 bits per heavy atom. The summed E-state index contributed by atoms with van der Waals surface area (Å²) >= 11 is 0. The minimum absolute atomic E-state index is 0.274. The predicted molar refractivity (Wildman–Crippen MR) is 127 cm³/mol. The number of hydrogen-bond donors (Lipinski definition) is 1. The summed E-state index contributed by atoms with van der Waals surface area (Å²) in [4.78, 5) is 14.7. The van der Waals surface area contributed by atoms with Crippen LogP contribution in [0.25, 0.3) is 11.3 Å². The zero-order chi connectivity index (χ0) is 22.8. The molecule has 4 atom stereocenters. The number of anilines is 1. The molecule has 4 heterocycles. The molecule has 1 amide bonds. The first-order valence-electron chi connectivity index (χ1n) is 11.5. The summed E-state index contributed by atoms with van der Waals surface area (Å²) in [6.45, 7) is 2.45. The Morgan fingerprint density at radius 1 is 1.15 bits per heavy atom. The molecule has 2 aromatic carbocycles. The smallest absolute Gasteiger partial charge is 0.411 e. The SMILES string of the molecule is COc1ccc(-c2cc([C@H]3CN4CC[C@H]3C[C@@H]4COC(=O)Nc3ccccc3)n(C)n2)cc1. The van der Waals surface area contributed by atoms with Crippen molar-refractivity contribution in [2.75, 3.05) is 32.1 Å². The van der Waals surface area contributed by atoms with Crippen molar-refractivity contribution in [3.63, 3.8) is 0 Å². The highest BCUT2D eigenvalue weighted by atomic mass is 16.5. The summed E-state index contributed by atoms with van der Waals surface area (Å²) < 4.78 is 12.9.